The van der Waals surface area contributed by atoms with Crippen LogP contribution in [0.2, 0.25) is 0 Å². The lowest BCUT2D eigenvalue weighted by atomic mass is 9.92. The van der Waals surface area contributed by atoms with Gasteiger partial charge in [0, 0.05) is 12.2 Å². The van der Waals surface area contributed by atoms with Gasteiger partial charge in [0.1, 0.15) is 5.69 Å². The van der Waals surface area contributed by atoms with Crippen LogP contribution in [-0.4, -0.2) is 32.9 Å². The Bertz CT molecular complexity index is 414. The van der Waals surface area contributed by atoms with Crippen molar-refractivity contribution in [3.8, 4) is 0 Å². The average molecular weight is 251 g/mol. The second-order valence-electron chi connectivity index (χ2n) is 5.19. The highest BCUT2D eigenvalue weighted by Crippen LogP contribution is 2.19. The third-order valence-electron chi connectivity index (χ3n) is 3.44. The van der Waals surface area contributed by atoms with Gasteiger partial charge in [-0.25, -0.2) is 0 Å². The number of carbonyl (C=O) groups is 1. The molecule has 0 radical (unpaired) electrons. The van der Waals surface area contributed by atoms with E-state index in [-0.39, 0.29) is 18.0 Å². The molecule has 1 aromatic heterocycles. The molecule has 1 aliphatic rings. The number of rotatable bonds is 3. The van der Waals surface area contributed by atoms with Crippen molar-refractivity contribution in [2.24, 2.45) is 0 Å². The van der Waals surface area contributed by atoms with Crippen LogP contribution in [0.15, 0.2) is 12.3 Å². The maximum Gasteiger partial charge on any atom is 0.269 e. The fourth-order valence-electron chi connectivity index (χ4n) is 2.43. The monoisotopic (exact) mass is 251 g/mol. The quantitative estimate of drug-likeness (QED) is 0.855. The fourth-order valence-corrected chi connectivity index (χ4v) is 2.43. The summed E-state index contributed by atoms with van der Waals surface area (Å²) in [5.74, 6) is -0.146. The molecule has 1 heterocycles. The Morgan fingerprint density at radius 3 is 2.89 bits per heavy atom. The summed E-state index contributed by atoms with van der Waals surface area (Å²) in [6.07, 6.45) is 4.94. The number of aromatic nitrogens is 2. The van der Waals surface area contributed by atoms with Crippen molar-refractivity contribution in [3.05, 3.63) is 18.0 Å². The molecule has 2 rings (SSSR count). The smallest absolute Gasteiger partial charge is 0.269 e. The average Bonchev–Trinajstić information content (AvgIpc) is 2.81. The third kappa shape index (κ3) is 2.72. The summed E-state index contributed by atoms with van der Waals surface area (Å²) < 4.78 is 1.70. The largest absolute Gasteiger partial charge is 0.391 e. The standard InChI is InChI=1S/C13H21N3O2/c1-9(2)16-11(7-8-14-16)13(18)15-10-5-3-4-6-12(10)17/h7-10,12,17H,3-6H2,1-2H3,(H,15,18). The van der Waals surface area contributed by atoms with Gasteiger partial charge < -0.3 is 10.4 Å². The highest BCUT2D eigenvalue weighted by molar-refractivity contribution is 5.92. The number of hydrogen-bond donors (Lipinski definition) is 2. The molecule has 2 N–H and O–H groups in total. The Balaban J connectivity index is 2.05. The number of amides is 1. The van der Waals surface area contributed by atoms with E-state index >= 15 is 0 Å². The lowest BCUT2D eigenvalue weighted by molar-refractivity contribution is 0.0708. The first-order chi connectivity index (χ1) is 8.59. The maximum absolute atomic E-state index is 12.2. The van der Waals surface area contributed by atoms with Gasteiger partial charge in [-0.2, -0.15) is 5.10 Å². The lowest BCUT2D eigenvalue weighted by Crippen LogP contribution is -2.45. The van der Waals surface area contributed by atoms with E-state index in [1.54, 1.807) is 16.9 Å². The minimum Gasteiger partial charge on any atom is -0.391 e. The molecule has 1 aromatic rings. The number of hydrogen-bond acceptors (Lipinski definition) is 3. The molecule has 5 nitrogen and oxygen atoms in total. The molecule has 1 amide bonds. The Hall–Kier alpha value is -1.36. The number of nitrogens with zero attached hydrogens (tertiary/aromatic N) is 2. The van der Waals surface area contributed by atoms with Gasteiger partial charge in [-0.05, 0) is 32.8 Å². The predicted octanol–water partition coefficient (Wildman–Crippen LogP) is 1.50. The second-order valence-corrected chi connectivity index (χ2v) is 5.19. The second kappa shape index (κ2) is 5.52. The van der Waals surface area contributed by atoms with E-state index in [4.69, 9.17) is 0 Å². The van der Waals surface area contributed by atoms with Gasteiger partial charge in [-0.3, -0.25) is 9.48 Å². The van der Waals surface area contributed by atoms with Crippen LogP contribution < -0.4 is 5.32 Å². The Labute approximate surface area is 107 Å². The molecule has 1 fully saturated rings. The highest BCUT2D eigenvalue weighted by Gasteiger charge is 2.26. The number of aliphatic hydroxyl groups excluding tert-OH is 1. The summed E-state index contributed by atoms with van der Waals surface area (Å²) in [5.41, 5.74) is 0.558. The van der Waals surface area contributed by atoms with Crippen LogP contribution in [0.3, 0.4) is 0 Å². The number of nitrogens with one attached hydrogen (secondary N) is 1. The van der Waals surface area contributed by atoms with Crippen molar-refractivity contribution >= 4 is 5.91 Å². The number of aliphatic hydroxyl groups is 1. The molecule has 2 atom stereocenters. The van der Waals surface area contributed by atoms with Crippen LogP contribution in [0.1, 0.15) is 56.1 Å². The first-order valence-electron chi connectivity index (χ1n) is 6.62. The zero-order valence-electron chi connectivity index (χ0n) is 11.0. The molecular formula is C13H21N3O2. The van der Waals surface area contributed by atoms with Gasteiger partial charge in [0.05, 0.1) is 12.1 Å². The van der Waals surface area contributed by atoms with Crippen LogP contribution in [0.4, 0.5) is 0 Å². The molecule has 18 heavy (non-hydrogen) atoms. The molecule has 1 aliphatic carbocycles. The fraction of sp³-hybridized carbons (Fsp3) is 0.692. The van der Waals surface area contributed by atoms with Crippen molar-refractivity contribution in [1.29, 1.82) is 0 Å². The van der Waals surface area contributed by atoms with Gasteiger partial charge >= 0.3 is 0 Å². The van der Waals surface area contributed by atoms with E-state index in [1.165, 1.54) is 0 Å². The van der Waals surface area contributed by atoms with Gasteiger partial charge in [0.15, 0.2) is 0 Å². The van der Waals surface area contributed by atoms with E-state index < -0.39 is 6.10 Å². The van der Waals surface area contributed by atoms with E-state index in [0.717, 1.165) is 25.7 Å². The molecule has 0 saturated heterocycles. The first-order valence-corrected chi connectivity index (χ1v) is 6.62. The molecule has 2 unspecified atom stereocenters. The van der Waals surface area contributed by atoms with Crippen LogP contribution in [-0.2, 0) is 0 Å². The first kappa shape index (κ1) is 13.1. The molecule has 0 aliphatic heterocycles. The van der Waals surface area contributed by atoms with Crippen LogP contribution in [0.25, 0.3) is 0 Å². The number of carbonyl (C=O) groups excluding carboxylic acids is 1. The molecule has 0 bridgehead atoms. The zero-order valence-corrected chi connectivity index (χ0v) is 11.0. The predicted molar refractivity (Wildman–Crippen MR) is 68.3 cm³/mol. The molecular weight excluding hydrogens is 230 g/mol. The van der Waals surface area contributed by atoms with E-state index in [0.29, 0.717) is 5.69 Å². The lowest BCUT2D eigenvalue weighted by Gasteiger charge is -2.28. The Morgan fingerprint density at radius 2 is 2.22 bits per heavy atom. The van der Waals surface area contributed by atoms with Crippen molar-refractivity contribution in [3.63, 3.8) is 0 Å². The van der Waals surface area contributed by atoms with Crippen LogP contribution >= 0.6 is 0 Å². The van der Waals surface area contributed by atoms with Crippen LogP contribution in [0, 0.1) is 0 Å². The SMILES string of the molecule is CC(C)n1nccc1C(=O)NC1CCCCC1O. The minimum atomic E-state index is -0.418. The van der Waals surface area contributed by atoms with Crippen molar-refractivity contribution in [1.82, 2.24) is 15.1 Å². The molecule has 1 saturated carbocycles. The van der Waals surface area contributed by atoms with E-state index in [9.17, 15) is 9.90 Å². The summed E-state index contributed by atoms with van der Waals surface area (Å²) in [5, 5.41) is 16.9. The molecule has 0 spiro atoms. The van der Waals surface area contributed by atoms with Gasteiger partial charge in [0.25, 0.3) is 5.91 Å². The Morgan fingerprint density at radius 1 is 1.50 bits per heavy atom. The van der Waals surface area contributed by atoms with Crippen molar-refractivity contribution in [2.75, 3.05) is 0 Å². The summed E-state index contributed by atoms with van der Waals surface area (Å²) in [7, 11) is 0. The van der Waals surface area contributed by atoms with Gasteiger partial charge in [0.2, 0.25) is 0 Å². The zero-order chi connectivity index (χ0) is 13.1. The molecule has 100 valence electrons. The maximum atomic E-state index is 12.2. The third-order valence-corrected chi connectivity index (χ3v) is 3.44. The summed E-state index contributed by atoms with van der Waals surface area (Å²) in [6, 6.07) is 1.74. The summed E-state index contributed by atoms with van der Waals surface area (Å²) >= 11 is 0. The highest BCUT2D eigenvalue weighted by atomic mass is 16.3. The summed E-state index contributed by atoms with van der Waals surface area (Å²) in [4.78, 5) is 12.2. The summed E-state index contributed by atoms with van der Waals surface area (Å²) in [6.45, 7) is 3.97. The van der Waals surface area contributed by atoms with Gasteiger partial charge in [-0.15, -0.1) is 0 Å². The normalized spacial score (nSPS) is 24.2. The molecule has 0 aromatic carbocycles. The van der Waals surface area contributed by atoms with Crippen molar-refractivity contribution in [2.45, 2.75) is 57.7 Å². The molecule has 5 heteroatoms. The Kier molecular flexibility index (Phi) is 4.01. The topological polar surface area (TPSA) is 67.2 Å². The van der Waals surface area contributed by atoms with E-state index in [2.05, 4.69) is 10.4 Å². The minimum absolute atomic E-state index is 0.123. The van der Waals surface area contributed by atoms with Crippen molar-refractivity contribution < 1.29 is 9.90 Å². The van der Waals surface area contributed by atoms with Gasteiger partial charge in [-0.1, -0.05) is 12.8 Å². The van der Waals surface area contributed by atoms with Crippen LogP contribution in [0.5, 0.6) is 0 Å². The van der Waals surface area contributed by atoms with E-state index in [1.807, 2.05) is 13.8 Å².